The summed E-state index contributed by atoms with van der Waals surface area (Å²) in [5.74, 6) is 1.87. The molecule has 0 saturated heterocycles. The molecule has 0 aliphatic rings. The molecule has 0 spiro atoms. The molecule has 0 atom stereocenters. The van der Waals surface area contributed by atoms with Gasteiger partial charge in [0.05, 0.1) is 0 Å². The molecule has 5 heteroatoms. The molecule has 0 unspecified atom stereocenters. The fraction of sp³-hybridized carbons (Fsp3) is 0.667. The van der Waals surface area contributed by atoms with E-state index in [0.717, 1.165) is 16.0 Å². The number of rotatable bonds is 3. The van der Waals surface area contributed by atoms with Crippen LogP contribution in [0.15, 0.2) is 4.34 Å². The fourth-order valence-electron chi connectivity index (χ4n) is 0.566. The maximum Gasteiger partial charge on any atom is 0.237 e. The summed E-state index contributed by atoms with van der Waals surface area (Å²) < 4.78 is 5.22. The van der Waals surface area contributed by atoms with Crippen LogP contribution in [0.25, 0.3) is 0 Å². The van der Waals surface area contributed by atoms with Crippen LogP contribution >= 0.6 is 23.3 Å². The van der Waals surface area contributed by atoms with Gasteiger partial charge in [-0.2, -0.15) is 9.36 Å². The van der Waals surface area contributed by atoms with Gasteiger partial charge in [0, 0.05) is 14.1 Å². The minimum Gasteiger partial charge on any atom is -0.346 e. The van der Waals surface area contributed by atoms with Crippen molar-refractivity contribution in [2.75, 3.05) is 24.7 Å². The Hall–Kier alpha value is -0.290. The summed E-state index contributed by atoms with van der Waals surface area (Å²) in [6.45, 7) is 2.11. The summed E-state index contributed by atoms with van der Waals surface area (Å²) in [4.78, 5) is 6.21. The van der Waals surface area contributed by atoms with Crippen molar-refractivity contribution in [2.45, 2.75) is 11.3 Å². The molecule has 0 aliphatic heterocycles. The maximum atomic E-state index is 4.30. The van der Waals surface area contributed by atoms with Crippen molar-refractivity contribution < 1.29 is 0 Å². The van der Waals surface area contributed by atoms with Gasteiger partial charge in [0.15, 0.2) is 4.34 Å². The minimum atomic E-state index is 0.811. The molecular weight excluding hydrogens is 178 g/mol. The Balaban J connectivity index is 2.66. The van der Waals surface area contributed by atoms with E-state index in [0.29, 0.717) is 0 Å². The third-order valence-electron chi connectivity index (χ3n) is 1.06. The summed E-state index contributed by atoms with van der Waals surface area (Å²) in [5, 5.41) is 0. The number of aromatic nitrogens is 2. The first-order valence-corrected chi connectivity index (χ1v) is 5.13. The number of nitrogens with zero attached hydrogens (tertiary/aromatic N) is 3. The van der Waals surface area contributed by atoms with E-state index < -0.39 is 0 Å². The lowest BCUT2D eigenvalue weighted by Crippen LogP contribution is -2.09. The van der Waals surface area contributed by atoms with Crippen LogP contribution < -0.4 is 4.90 Å². The molecule has 0 saturated carbocycles. The van der Waals surface area contributed by atoms with Crippen LogP contribution in [0, 0.1) is 0 Å². The molecule has 0 amide bonds. The average molecular weight is 189 g/mol. The average Bonchev–Trinajstić information content (AvgIpc) is 2.37. The summed E-state index contributed by atoms with van der Waals surface area (Å²) in [6.07, 6.45) is 0. The van der Waals surface area contributed by atoms with Crippen molar-refractivity contribution in [3.05, 3.63) is 0 Å². The van der Waals surface area contributed by atoms with Gasteiger partial charge in [-0.05, 0) is 17.3 Å². The van der Waals surface area contributed by atoms with Crippen LogP contribution in [0.4, 0.5) is 5.95 Å². The van der Waals surface area contributed by atoms with Crippen LogP contribution in [-0.4, -0.2) is 29.2 Å². The molecule has 1 heterocycles. The molecule has 0 aromatic carbocycles. The van der Waals surface area contributed by atoms with Crippen molar-refractivity contribution in [3.8, 4) is 0 Å². The van der Waals surface area contributed by atoms with Crippen molar-refractivity contribution in [1.29, 1.82) is 0 Å². The lowest BCUT2D eigenvalue weighted by atomic mass is 10.8. The van der Waals surface area contributed by atoms with E-state index in [9.17, 15) is 0 Å². The number of anilines is 1. The predicted octanol–water partition coefficient (Wildman–Crippen LogP) is 1.72. The standard InChI is InChI=1S/C6H11N3S2/c1-4-10-6-7-5(8-11-6)9(2)3/h4H2,1-3H3. The number of hydrogen-bond acceptors (Lipinski definition) is 5. The fourth-order valence-corrected chi connectivity index (χ4v) is 2.12. The summed E-state index contributed by atoms with van der Waals surface area (Å²) in [5.41, 5.74) is 0. The van der Waals surface area contributed by atoms with Gasteiger partial charge < -0.3 is 4.90 Å². The second-order valence-corrected chi connectivity index (χ2v) is 4.45. The van der Waals surface area contributed by atoms with Crippen molar-refractivity contribution in [2.24, 2.45) is 0 Å². The Morgan fingerprint density at radius 2 is 2.27 bits per heavy atom. The first kappa shape index (κ1) is 8.80. The largest absolute Gasteiger partial charge is 0.346 e. The second-order valence-electron chi connectivity index (χ2n) is 2.19. The van der Waals surface area contributed by atoms with Gasteiger partial charge in [-0.25, -0.2) is 0 Å². The van der Waals surface area contributed by atoms with E-state index in [1.165, 1.54) is 11.5 Å². The van der Waals surface area contributed by atoms with Crippen molar-refractivity contribution >= 4 is 29.2 Å². The highest BCUT2D eigenvalue weighted by Crippen LogP contribution is 2.21. The van der Waals surface area contributed by atoms with E-state index in [2.05, 4.69) is 16.3 Å². The van der Waals surface area contributed by atoms with Crippen molar-refractivity contribution in [1.82, 2.24) is 9.36 Å². The third-order valence-corrected chi connectivity index (χ3v) is 2.77. The molecule has 62 valence electrons. The Morgan fingerprint density at radius 1 is 1.55 bits per heavy atom. The van der Waals surface area contributed by atoms with Gasteiger partial charge in [-0.1, -0.05) is 18.7 Å². The molecule has 0 bridgehead atoms. The van der Waals surface area contributed by atoms with Gasteiger partial charge in [0.2, 0.25) is 5.95 Å². The molecular formula is C6H11N3S2. The van der Waals surface area contributed by atoms with Gasteiger partial charge >= 0.3 is 0 Å². The second kappa shape index (κ2) is 3.92. The monoisotopic (exact) mass is 189 g/mol. The maximum absolute atomic E-state index is 4.30. The van der Waals surface area contributed by atoms with Crippen LogP contribution in [0.2, 0.25) is 0 Å². The highest BCUT2D eigenvalue weighted by molar-refractivity contribution is 8.00. The molecule has 0 fully saturated rings. The summed E-state index contributed by atoms with van der Waals surface area (Å²) >= 11 is 3.19. The Bertz CT molecular complexity index is 221. The molecule has 0 N–H and O–H groups in total. The minimum absolute atomic E-state index is 0.811. The lowest BCUT2D eigenvalue weighted by molar-refractivity contribution is 1.02. The SMILES string of the molecule is CCSc1nc(N(C)C)ns1. The third kappa shape index (κ3) is 2.34. The van der Waals surface area contributed by atoms with Gasteiger partial charge in [-0.15, -0.1) is 0 Å². The van der Waals surface area contributed by atoms with Crippen LogP contribution in [0.1, 0.15) is 6.92 Å². The zero-order valence-corrected chi connectivity index (χ0v) is 8.50. The normalized spacial score (nSPS) is 10.1. The highest BCUT2D eigenvalue weighted by Gasteiger charge is 2.03. The molecule has 1 aromatic heterocycles. The zero-order chi connectivity index (χ0) is 8.27. The molecule has 1 aromatic rings. The van der Waals surface area contributed by atoms with E-state index in [4.69, 9.17) is 0 Å². The Morgan fingerprint density at radius 3 is 2.73 bits per heavy atom. The van der Waals surface area contributed by atoms with Crippen LogP contribution in [-0.2, 0) is 0 Å². The van der Waals surface area contributed by atoms with Crippen molar-refractivity contribution in [3.63, 3.8) is 0 Å². The highest BCUT2D eigenvalue weighted by atomic mass is 32.2. The van der Waals surface area contributed by atoms with Crippen LogP contribution in [0.3, 0.4) is 0 Å². The topological polar surface area (TPSA) is 29.0 Å². The Kier molecular flexibility index (Phi) is 3.14. The number of hydrogen-bond donors (Lipinski definition) is 0. The lowest BCUT2D eigenvalue weighted by Gasteiger charge is -2.03. The van der Waals surface area contributed by atoms with Gasteiger partial charge in [-0.3, -0.25) is 0 Å². The molecule has 0 radical (unpaired) electrons. The Labute approximate surface area is 75.0 Å². The zero-order valence-electron chi connectivity index (χ0n) is 6.87. The quantitative estimate of drug-likeness (QED) is 0.677. The predicted molar refractivity (Wildman–Crippen MR) is 50.6 cm³/mol. The number of thioether (sulfide) groups is 1. The van der Waals surface area contributed by atoms with E-state index in [1.807, 2.05) is 19.0 Å². The van der Waals surface area contributed by atoms with Gasteiger partial charge in [0.25, 0.3) is 0 Å². The van der Waals surface area contributed by atoms with Gasteiger partial charge in [0.1, 0.15) is 0 Å². The molecule has 0 aliphatic carbocycles. The smallest absolute Gasteiger partial charge is 0.237 e. The first-order chi connectivity index (χ1) is 5.24. The molecule has 3 nitrogen and oxygen atoms in total. The molecule has 1 rings (SSSR count). The van der Waals surface area contributed by atoms with E-state index >= 15 is 0 Å². The molecule has 11 heavy (non-hydrogen) atoms. The van der Waals surface area contributed by atoms with E-state index in [-0.39, 0.29) is 0 Å². The van der Waals surface area contributed by atoms with E-state index in [1.54, 1.807) is 11.8 Å². The first-order valence-electron chi connectivity index (χ1n) is 3.38. The summed E-state index contributed by atoms with van der Waals surface area (Å²) in [7, 11) is 3.89. The van der Waals surface area contributed by atoms with Crippen LogP contribution in [0.5, 0.6) is 0 Å². The summed E-state index contributed by atoms with van der Waals surface area (Å²) in [6, 6.07) is 0.